The first-order valence-electron chi connectivity index (χ1n) is 9.07. The van der Waals surface area contributed by atoms with E-state index in [2.05, 4.69) is 0 Å². The van der Waals surface area contributed by atoms with Crippen LogP contribution in [-0.4, -0.2) is 70.9 Å². The zero-order chi connectivity index (χ0) is 23.4. The number of amides is 1. The summed E-state index contributed by atoms with van der Waals surface area (Å²) in [6.07, 6.45) is -4.47. The fourth-order valence-corrected chi connectivity index (χ4v) is 5.76. The van der Waals surface area contributed by atoms with Crippen molar-refractivity contribution in [2.45, 2.75) is 30.5 Å². The first-order valence-corrected chi connectivity index (χ1v) is 12.4. The third kappa shape index (κ3) is 6.90. The lowest BCUT2D eigenvalue weighted by atomic mass is 10.2. The Bertz CT molecular complexity index is 1040. The maximum Gasteiger partial charge on any atom is 0.416 e. The predicted octanol–water partition coefficient (Wildman–Crippen LogP) is 0.563. The third-order valence-electron chi connectivity index (χ3n) is 4.55. The van der Waals surface area contributed by atoms with Crippen molar-refractivity contribution in [1.29, 1.82) is 0 Å². The van der Waals surface area contributed by atoms with Crippen LogP contribution in [0.1, 0.15) is 18.9 Å². The maximum atomic E-state index is 12.7. The van der Waals surface area contributed by atoms with Crippen LogP contribution < -0.4 is 4.72 Å². The van der Waals surface area contributed by atoms with E-state index in [9.17, 15) is 39.6 Å². The lowest BCUT2D eigenvalue weighted by Gasteiger charge is -2.26. The number of halogens is 3. The van der Waals surface area contributed by atoms with Crippen molar-refractivity contribution in [3.63, 3.8) is 0 Å². The molecule has 174 valence electrons. The van der Waals surface area contributed by atoms with E-state index < -0.39 is 67.6 Å². The fourth-order valence-electron chi connectivity index (χ4n) is 3.01. The number of carbonyl (C=O) groups excluding carboxylic acids is 2. The molecule has 1 heterocycles. The van der Waals surface area contributed by atoms with Crippen LogP contribution in [0, 0.1) is 0 Å². The molecule has 0 saturated carbocycles. The number of sulfone groups is 1. The standard InChI is InChI=1S/C17H21F3N2O7S2/c1-2-22(13-6-7-30(25,26)11-13)15(23)10-29-16(24)9-21-31(27,28)14-5-3-4-12(8-14)17(18,19)20/h3-5,8,13,21H,2,6-7,9-11H2,1H3. The molecule has 0 spiro atoms. The molecule has 1 fully saturated rings. The summed E-state index contributed by atoms with van der Waals surface area (Å²) in [7, 11) is -7.66. The van der Waals surface area contributed by atoms with Crippen LogP contribution in [-0.2, 0) is 40.4 Å². The van der Waals surface area contributed by atoms with Crippen LogP contribution in [0.3, 0.4) is 0 Å². The Morgan fingerprint density at radius 3 is 2.52 bits per heavy atom. The minimum Gasteiger partial charge on any atom is -0.455 e. The molecule has 1 aromatic carbocycles. The topological polar surface area (TPSA) is 127 Å². The van der Waals surface area contributed by atoms with Crippen molar-refractivity contribution in [3.8, 4) is 0 Å². The average molecular weight is 486 g/mol. The van der Waals surface area contributed by atoms with Crippen LogP contribution in [0.5, 0.6) is 0 Å². The number of esters is 1. The highest BCUT2D eigenvalue weighted by Crippen LogP contribution is 2.30. The number of benzene rings is 1. The normalized spacial score (nSPS) is 18.5. The van der Waals surface area contributed by atoms with E-state index in [4.69, 9.17) is 4.74 Å². The van der Waals surface area contributed by atoms with Gasteiger partial charge >= 0.3 is 12.1 Å². The van der Waals surface area contributed by atoms with E-state index in [1.54, 1.807) is 6.92 Å². The number of nitrogens with one attached hydrogen (secondary N) is 1. The molecule has 1 amide bonds. The molecule has 31 heavy (non-hydrogen) atoms. The minimum absolute atomic E-state index is 0.0431. The molecular formula is C17H21F3N2O7S2. The molecule has 1 unspecified atom stereocenters. The quantitative estimate of drug-likeness (QED) is 0.532. The Balaban J connectivity index is 1.90. The molecule has 1 aromatic rings. The highest BCUT2D eigenvalue weighted by atomic mass is 32.2. The number of sulfonamides is 1. The van der Waals surface area contributed by atoms with Gasteiger partial charge in [-0.3, -0.25) is 9.59 Å². The molecule has 1 N–H and O–H groups in total. The Morgan fingerprint density at radius 2 is 1.97 bits per heavy atom. The number of carbonyl (C=O) groups is 2. The van der Waals surface area contributed by atoms with Gasteiger partial charge in [-0.1, -0.05) is 6.07 Å². The fraction of sp³-hybridized carbons (Fsp3) is 0.529. The van der Waals surface area contributed by atoms with E-state index in [1.807, 2.05) is 4.72 Å². The second kappa shape index (κ2) is 9.53. The van der Waals surface area contributed by atoms with Gasteiger partial charge in [-0.15, -0.1) is 0 Å². The van der Waals surface area contributed by atoms with Crippen molar-refractivity contribution in [3.05, 3.63) is 29.8 Å². The van der Waals surface area contributed by atoms with E-state index in [-0.39, 0.29) is 24.5 Å². The van der Waals surface area contributed by atoms with Crippen LogP contribution >= 0.6 is 0 Å². The predicted molar refractivity (Wildman–Crippen MR) is 102 cm³/mol. The number of hydrogen-bond acceptors (Lipinski definition) is 7. The van der Waals surface area contributed by atoms with Crippen LogP contribution in [0.4, 0.5) is 13.2 Å². The van der Waals surface area contributed by atoms with Gasteiger partial charge in [0.25, 0.3) is 5.91 Å². The Kier molecular flexibility index (Phi) is 7.70. The molecule has 2 rings (SSSR count). The van der Waals surface area contributed by atoms with Gasteiger partial charge in [0, 0.05) is 12.6 Å². The first-order chi connectivity index (χ1) is 14.2. The summed E-state index contributed by atoms with van der Waals surface area (Å²) < 4.78 is 92.1. The summed E-state index contributed by atoms with van der Waals surface area (Å²) in [5.41, 5.74) is -1.17. The maximum absolute atomic E-state index is 12.7. The average Bonchev–Trinajstić information content (AvgIpc) is 3.04. The van der Waals surface area contributed by atoms with E-state index >= 15 is 0 Å². The molecule has 0 aromatic heterocycles. The van der Waals surface area contributed by atoms with Crippen molar-refractivity contribution < 1.29 is 44.3 Å². The van der Waals surface area contributed by atoms with Gasteiger partial charge in [-0.25, -0.2) is 16.8 Å². The smallest absolute Gasteiger partial charge is 0.416 e. The summed E-state index contributed by atoms with van der Waals surface area (Å²) in [6, 6.07) is 2.44. The Labute approximate surface area is 177 Å². The highest BCUT2D eigenvalue weighted by molar-refractivity contribution is 7.91. The van der Waals surface area contributed by atoms with Crippen molar-refractivity contribution in [2.24, 2.45) is 0 Å². The van der Waals surface area contributed by atoms with Gasteiger partial charge in [0.1, 0.15) is 6.54 Å². The molecule has 1 aliphatic rings. The lowest BCUT2D eigenvalue weighted by molar-refractivity contribution is -0.151. The molecule has 1 atom stereocenters. The van der Waals surface area contributed by atoms with Gasteiger partial charge in [0.2, 0.25) is 10.0 Å². The van der Waals surface area contributed by atoms with Crippen molar-refractivity contribution in [1.82, 2.24) is 9.62 Å². The molecule has 14 heteroatoms. The SMILES string of the molecule is CCN(C(=O)COC(=O)CNS(=O)(=O)c1cccc(C(F)(F)F)c1)C1CCS(=O)(=O)C1. The van der Waals surface area contributed by atoms with Gasteiger partial charge in [0.05, 0.1) is 22.0 Å². The molecule has 0 bridgehead atoms. The zero-order valence-corrected chi connectivity index (χ0v) is 18.0. The molecular weight excluding hydrogens is 465 g/mol. The monoisotopic (exact) mass is 486 g/mol. The first kappa shape index (κ1) is 25.1. The summed E-state index contributed by atoms with van der Waals surface area (Å²) in [5, 5.41) is 0. The molecule has 0 radical (unpaired) electrons. The Hall–Kier alpha value is -2.19. The minimum atomic E-state index is -4.74. The number of ether oxygens (including phenoxy) is 1. The van der Waals surface area contributed by atoms with Crippen LogP contribution in [0.15, 0.2) is 29.2 Å². The number of alkyl halides is 3. The van der Waals surface area contributed by atoms with Gasteiger partial charge in [0.15, 0.2) is 16.4 Å². The van der Waals surface area contributed by atoms with Gasteiger partial charge in [-0.2, -0.15) is 17.9 Å². The second-order valence-electron chi connectivity index (χ2n) is 6.75. The van der Waals surface area contributed by atoms with Crippen molar-refractivity contribution >= 4 is 31.7 Å². The number of hydrogen-bond donors (Lipinski definition) is 1. The number of nitrogens with zero attached hydrogens (tertiary/aromatic N) is 1. The number of rotatable bonds is 8. The second-order valence-corrected chi connectivity index (χ2v) is 10.7. The van der Waals surface area contributed by atoms with Gasteiger partial charge < -0.3 is 9.64 Å². The summed E-state index contributed by atoms with van der Waals surface area (Å²) >= 11 is 0. The summed E-state index contributed by atoms with van der Waals surface area (Å²) in [4.78, 5) is 24.6. The summed E-state index contributed by atoms with van der Waals surface area (Å²) in [5.74, 6) is -1.99. The molecule has 9 nitrogen and oxygen atoms in total. The zero-order valence-electron chi connectivity index (χ0n) is 16.4. The molecule has 1 aliphatic heterocycles. The van der Waals surface area contributed by atoms with E-state index in [1.165, 1.54) is 4.90 Å². The lowest BCUT2D eigenvalue weighted by Crippen LogP contribution is -2.43. The third-order valence-corrected chi connectivity index (χ3v) is 7.69. The van der Waals surface area contributed by atoms with Crippen molar-refractivity contribution in [2.75, 3.05) is 31.2 Å². The van der Waals surface area contributed by atoms with Gasteiger partial charge in [-0.05, 0) is 31.5 Å². The molecule has 0 aliphatic carbocycles. The van der Waals surface area contributed by atoms with Crippen LogP contribution in [0.2, 0.25) is 0 Å². The largest absolute Gasteiger partial charge is 0.455 e. The number of likely N-dealkylation sites (N-methyl/N-ethyl adjacent to an activating group) is 1. The summed E-state index contributed by atoms with van der Waals surface area (Å²) in [6.45, 7) is 0.191. The van der Waals surface area contributed by atoms with Crippen LogP contribution in [0.25, 0.3) is 0 Å². The van der Waals surface area contributed by atoms with E-state index in [0.717, 1.165) is 12.1 Å². The highest BCUT2D eigenvalue weighted by Gasteiger charge is 2.34. The molecule has 1 saturated heterocycles. The van der Waals surface area contributed by atoms with E-state index in [0.29, 0.717) is 12.1 Å². The Morgan fingerprint density at radius 1 is 1.29 bits per heavy atom.